The number of halogens is 1. The van der Waals surface area contributed by atoms with Crippen molar-refractivity contribution in [1.29, 1.82) is 0 Å². The maximum Gasteiger partial charge on any atom is 0.149 e. The van der Waals surface area contributed by atoms with Gasteiger partial charge < -0.3 is 5.32 Å². The minimum absolute atomic E-state index is 0.372. The molecule has 3 fully saturated rings. The molecule has 0 radical (unpaired) electrons. The van der Waals surface area contributed by atoms with Gasteiger partial charge in [0.25, 0.3) is 0 Å². The highest BCUT2D eigenvalue weighted by Crippen LogP contribution is 2.29. The van der Waals surface area contributed by atoms with Gasteiger partial charge in [-0.3, -0.25) is 9.80 Å². The van der Waals surface area contributed by atoms with Crippen molar-refractivity contribution >= 4 is 28.4 Å². The van der Waals surface area contributed by atoms with Crippen LogP contribution in [-0.4, -0.2) is 59.5 Å². The van der Waals surface area contributed by atoms with E-state index in [1.54, 1.807) is 0 Å². The predicted molar refractivity (Wildman–Crippen MR) is 84.4 cm³/mol. The lowest BCUT2D eigenvalue weighted by Gasteiger charge is -2.46. The smallest absolute Gasteiger partial charge is 0.149 e. The summed E-state index contributed by atoms with van der Waals surface area (Å²) in [4.78, 5) is 14.6. The Bertz CT molecular complexity index is 445. The number of nitrogens with zero attached hydrogens (tertiary/aromatic N) is 4. The van der Waals surface area contributed by atoms with Crippen molar-refractivity contribution in [1.82, 2.24) is 19.8 Å². The van der Waals surface area contributed by atoms with E-state index in [0.717, 1.165) is 47.0 Å². The number of anilines is 1. The molecule has 1 unspecified atom stereocenters. The molecule has 104 valence electrons. The Morgan fingerprint density at radius 3 is 2.53 bits per heavy atom. The lowest BCUT2D eigenvalue weighted by molar-refractivity contribution is 0.00861. The second kappa shape index (κ2) is 5.49. The predicted octanol–water partition coefficient (Wildman–Crippen LogP) is 1.36. The Labute approximate surface area is 127 Å². The van der Waals surface area contributed by atoms with Crippen molar-refractivity contribution in [3.05, 3.63) is 15.1 Å². The molecule has 0 saturated carbocycles. The number of fused-ring (bicyclic) bond motifs is 3. The maximum atomic E-state index is 4.81. The summed E-state index contributed by atoms with van der Waals surface area (Å²) in [7, 11) is 1.94. The molecule has 0 aromatic carbocycles. The standard InChI is InChI=1S/C13H20IN5/c1-3-9-11(14)13(15-2)17-12(16-9)10-8-18-4-6-19(10)7-5-18/h10H,3-8H2,1-2H3,(H,15,16,17). The van der Waals surface area contributed by atoms with E-state index in [0.29, 0.717) is 6.04 Å². The zero-order valence-electron chi connectivity index (χ0n) is 11.5. The Balaban J connectivity index is 1.96. The molecule has 3 saturated heterocycles. The summed E-state index contributed by atoms with van der Waals surface area (Å²) in [5.41, 5.74) is 1.16. The maximum absolute atomic E-state index is 4.81. The Morgan fingerprint density at radius 1 is 1.26 bits per heavy atom. The van der Waals surface area contributed by atoms with Crippen LogP contribution < -0.4 is 5.32 Å². The van der Waals surface area contributed by atoms with E-state index in [2.05, 4.69) is 44.6 Å². The van der Waals surface area contributed by atoms with Gasteiger partial charge in [0.2, 0.25) is 0 Å². The number of aryl methyl sites for hydroxylation is 1. The fourth-order valence-electron chi connectivity index (χ4n) is 2.92. The average Bonchev–Trinajstić information content (AvgIpc) is 2.48. The summed E-state index contributed by atoms with van der Waals surface area (Å²) < 4.78 is 1.16. The van der Waals surface area contributed by atoms with Crippen molar-refractivity contribution in [2.75, 3.05) is 45.1 Å². The number of nitrogens with one attached hydrogen (secondary N) is 1. The molecular weight excluding hydrogens is 353 g/mol. The number of hydrogen-bond donors (Lipinski definition) is 1. The largest absolute Gasteiger partial charge is 0.372 e. The summed E-state index contributed by atoms with van der Waals surface area (Å²) in [6.45, 7) is 7.92. The first-order valence-corrected chi connectivity index (χ1v) is 8.01. The van der Waals surface area contributed by atoms with E-state index in [4.69, 9.17) is 9.97 Å². The van der Waals surface area contributed by atoms with Crippen LogP contribution in [0.5, 0.6) is 0 Å². The molecule has 2 bridgehead atoms. The van der Waals surface area contributed by atoms with E-state index in [9.17, 15) is 0 Å². The summed E-state index contributed by atoms with van der Waals surface area (Å²) in [5, 5.41) is 3.20. The highest BCUT2D eigenvalue weighted by atomic mass is 127. The number of hydrogen-bond acceptors (Lipinski definition) is 5. The second-order valence-electron chi connectivity index (χ2n) is 5.15. The van der Waals surface area contributed by atoms with E-state index >= 15 is 0 Å². The van der Waals surface area contributed by atoms with Crippen LogP contribution in [0.25, 0.3) is 0 Å². The molecule has 0 spiro atoms. The molecule has 0 aliphatic carbocycles. The third-order valence-electron chi connectivity index (χ3n) is 4.09. The fraction of sp³-hybridized carbons (Fsp3) is 0.692. The van der Waals surface area contributed by atoms with Gasteiger partial charge >= 0.3 is 0 Å². The van der Waals surface area contributed by atoms with E-state index in [1.807, 2.05) is 7.05 Å². The summed E-state index contributed by atoms with van der Waals surface area (Å²) in [6, 6.07) is 0.372. The minimum atomic E-state index is 0.372. The monoisotopic (exact) mass is 373 g/mol. The normalized spacial score (nSPS) is 29.5. The molecule has 19 heavy (non-hydrogen) atoms. The van der Waals surface area contributed by atoms with Crippen LogP contribution in [0.1, 0.15) is 24.5 Å². The zero-order valence-corrected chi connectivity index (χ0v) is 13.6. The SMILES string of the molecule is CCc1nc(C2CN3CCN2CC3)nc(NC)c1I. The highest BCUT2D eigenvalue weighted by Gasteiger charge is 2.35. The van der Waals surface area contributed by atoms with Gasteiger partial charge in [-0.05, 0) is 29.0 Å². The van der Waals surface area contributed by atoms with Gasteiger partial charge in [0.15, 0.2) is 0 Å². The Hall–Kier alpha value is -0.470. The lowest BCUT2D eigenvalue weighted by atomic mass is 10.1. The van der Waals surface area contributed by atoms with Crippen molar-refractivity contribution in [3.8, 4) is 0 Å². The number of rotatable bonds is 3. The van der Waals surface area contributed by atoms with Crippen molar-refractivity contribution in [2.24, 2.45) is 0 Å². The van der Waals surface area contributed by atoms with Crippen molar-refractivity contribution in [3.63, 3.8) is 0 Å². The van der Waals surface area contributed by atoms with Gasteiger partial charge in [0.05, 0.1) is 15.3 Å². The van der Waals surface area contributed by atoms with E-state index in [1.165, 1.54) is 13.1 Å². The van der Waals surface area contributed by atoms with Crippen LogP contribution in [0.15, 0.2) is 0 Å². The molecule has 1 N–H and O–H groups in total. The van der Waals surface area contributed by atoms with Crippen LogP contribution in [0, 0.1) is 3.57 Å². The zero-order chi connectivity index (χ0) is 13.4. The molecule has 1 aromatic rings. The molecule has 0 amide bonds. The number of aromatic nitrogens is 2. The van der Waals surface area contributed by atoms with Gasteiger partial charge in [-0.15, -0.1) is 0 Å². The minimum Gasteiger partial charge on any atom is -0.372 e. The number of piperazine rings is 3. The summed E-state index contributed by atoms with van der Waals surface area (Å²) >= 11 is 2.34. The van der Waals surface area contributed by atoms with Gasteiger partial charge in [-0.2, -0.15) is 0 Å². The van der Waals surface area contributed by atoms with Gasteiger partial charge in [0.1, 0.15) is 11.6 Å². The van der Waals surface area contributed by atoms with Crippen LogP contribution >= 0.6 is 22.6 Å². The molecule has 4 rings (SSSR count). The highest BCUT2D eigenvalue weighted by molar-refractivity contribution is 14.1. The topological polar surface area (TPSA) is 44.3 Å². The van der Waals surface area contributed by atoms with Crippen LogP contribution in [0.3, 0.4) is 0 Å². The van der Waals surface area contributed by atoms with Gasteiger partial charge in [-0.25, -0.2) is 9.97 Å². The molecular formula is C13H20IN5. The van der Waals surface area contributed by atoms with Crippen molar-refractivity contribution < 1.29 is 0 Å². The first kappa shape index (κ1) is 13.5. The Morgan fingerprint density at radius 2 is 2.00 bits per heavy atom. The Kier molecular flexibility index (Phi) is 3.91. The fourth-order valence-corrected chi connectivity index (χ4v) is 3.82. The molecule has 4 heterocycles. The molecule has 1 atom stereocenters. The molecule has 3 aliphatic rings. The van der Waals surface area contributed by atoms with Crippen LogP contribution in [0.2, 0.25) is 0 Å². The molecule has 6 heteroatoms. The lowest BCUT2D eigenvalue weighted by Crippen LogP contribution is -2.57. The molecule has 5 nitrogen and oxygen atoms in total. The van der Waals surface area contributed by atoms with Crippen LogP contribution in [-0.2, 0) is 6.42 Å². The summed E-state index contributed by atoms with van der Waals surface area (Å²) in [5.74, 6) is 1.96. The van der Waals surface area contributed by atoms with Gasteiger partial charge in [-0.1, -0.05) is 6.92 Å². The van der Waals surface area contributed by atoms with E-state index < -0.39 is 0 Å². The van der Waals surface area contributed by atoms with Crippen molar-refractivity contribution in [2.45, 2.75) is 19.4 Å². The molecule has 3 aliphatic heterocycles. The third kappa shape index (κ3) is 2.45. The van der Waals surface area contributed by atoms with Crippen LogP contribution in [0.4, 0.5) is 5.82 Å². The average molecular weight is 373 g/mol. The second-order valence-corrected chi connectivity index (χ2v) is 6.23. The van der Waals surface area contributed by atoms with E-state index in [-0.39, 0.29) is 0 Å². The first-order chi connectivity index (χ1) is 9.22. The summed E-state index contributed by atoms with van der Waals surface area (Å²) in [6.07, 6.45) is 0.957. The third-order valence-corrected chi connectivity index (χ3v) is 5.22. The quantitative estimate of drug-likeness (QED) is 0.811. The first-order valence-electron chi connectivity index (χ1n) is 6.93. The molecule has 1 aromatic heterocycles. The van der Waals surface area contributed by atoms with Gasteiger partial charge in [0, 0.05) is 39.8 Å².